The highest BCUT2D eigenvalue weighted by atomic mass is 15.0. The molecule has 2 aromatic rings. The summed E-state index contributed by atoms with van der Waals surface area (Å²) in [4.78, 5) is 8.54. The highest BCUT2D eigenvalue weighted by molar-refractivity contribution is 5.77. The van der Waals surface area contributed by atoms with Crippen LogP contribution in [0.15, 0.2) is 12.1 Å². The summed E-state index contributed by atoms with van der Waals surface area (Å²) < 4.78 is 0. The number of aromatic amines is 1. The number of H-pyrrole nitrogens is 1. The van der Waals surface area contributed by atoms with Gasteiger partial charge in [-0.2, -0.15) is 0 Å². The molecule has 1 unspecified atom stereocenters. The number of aromatic nitrogens is 2. The number of piperidine rings is 1. The number of fused-ring (bicyclic) bond motifs is 1. The quantitative estimate of drug-likeness (QED) is 0.895. The van der Waals surface area contributed by atoms with E-state index in [1.165, 1.54) is 48.2 Å². The van der Waals surface area contributed by atoms with Gasteiger partial charge >= 0.3 is 0 Å². The predicted octanol–water partition coefficient (Wildman–Crippen LogP) is 3.60. The van der Waals surface area contributed by atoms with Gasteiger partial charge in [0.15, 0.2) is 0 Å². The minimum atomic E-state index is 0.202. The average molecular weight is 271 g/mol. The summed E-state index contributed by atoms with van der Waals surface area (Å²) in [6, 6.07) is 4.44. The number of imidazole rings is 1. The van der Waals surface area contributed by atoms with Crippen LogP contribution in [0, 0.1) is 13.8 Å². The van der Waals surface area contributed by atoms with E-state index in [0.29, 0.717) is 0 Å². The van der Waals surface area contributed by atoms with E-state index in [1.54, 1.807) is 0 Å². The molecule has 0 aliphatic carbocycles. The smallest absolute Gasteiger partial charge is 0.114 e. The fraction of sp³-hybridized carbons (Fsp3) is 0.588. The van der Waals surface area contributed by atoms with Gasteiger partial charge in [0.25, 0.3) is 0 Å². The molecule has 2 heterocycles. The first-order valence-corrected chi connectivity index (χ1v) is 7.83. The van der Waals surface area contributed by atoms with Crippen molar-refractivity contribution >= 4 is 11.0 Å². The van der Waals surface area contributed by atoms with E-state index in [-0.39, 0.29) is 5.41 Å². The molecule has 1 fully saturated rings. The number of nitrogens with zero attached hydrogens (tertiary/aromatic N) is 1. The van der Waals surface area contributed by atoms with Crippen molar-refractivity contribution in [2.75, 3.05) is 13.1 Å². The van der Waals surface area contributed by atoms with Crippen molar-refractivity contribution in [1.29, 1.82) is 0 Å². The minimum Gasteiger partial charge on any atom is -0.341 e. The van der Waals surface area contributed by atoms with Gasteiger partial charge in [0, 0.05) is 12.0 Å². The van der Waals surface area contributed by atoms with Crippen LogP contribution in [0.4, 0.5) is 0 Å². The summed E-state index contributed by atoms with van der Waals surface area (Å²) in [6.07, 6.45) is 4.90. The maximum absolute atomic E-state index is 4.93. The Morgan fingerprint density at radius 1 is 1.25 bits per heavy atom. The maximum atomic E-state index is 4.93. The van der Waals surface area contributed by atoms with E-state index < -0.39 is 0 Å². The molecule has 20 heavy (non-hydrogen) atoms. The number of rotatable bonds is 3. The van der Waals surface area contributed by atoms with Crippen molar-refractivity contribution in [2.24, 2.45) is 0 Å². The van der Waals surface area contributed by atoms with Crippen molar-refractivity contribution < 1.29 is 0 Å². The summed E-state index contributed by atoms with van der Waals surface area (Å²) in [5.74, 6) is 1.19. The second kappa shape index (κ2) is 5.21. The van der Waals surface area contributed by atoms with Gasteiger partial charge in [-0.25, -0.2) is 4.98 Å². The molecule has 3 rings (SSSR count). The molecule has 1 atom stereocenters. The zero-order chi connectivity index (χ0) is 14.2. The number of nitrogens with one attached hydrogen (secondary N) is 2. The zero-order valence-corrected chi connectivity index (χ0v) is 12.8. The topological polar surface area (TPSA) is 40.7 Å². The van der Waals surface area contributed by atoms with Crippen LogP contribution in [-0.4, -0.2) is 23.1 Å². The fourth-order valence-electron chi connectivity index (χ4n) is 3.50. The zero-order valence-electron chi connectivity index (χ0n) is 12.8. The van der Waals surface area contributed by atoms with E-state index in [0.717, 1.165) is 18.6 Å². The van der Waals surface area contributed by atoms with E-state index >= 15 is 0 Å². The van der Waals surface area contributed by atoms with E-state index in [1.807, 2.05) is 0 Å². The predicted molar refractivity (Wildman–Crippen MR) is 84.3 cm³/mol. The van der Waals surface area contributed by atoms with Crippen molar-refractivity contribution in [2.45, 2.75) is 51.9 Å². The molecule has 0 bridgehead atoms. The summed E-state index contributed by atoms with van der Waals surface area (Å²) in [5.41, 5.74) is 5.16. The van der Waals surface area contributed by atoms with Gasteiger partial charge in [-0.3, -0.25) is 0 Å². The Balaban J connectivity index is 2.06. The van der Waals surface area contributed by atoms with E-state index in [4.69, 9.17) is 4.98 Å². The second-order valence-corrected chi connectivity index (χ2v) is 6.35. The molecular weight excluding hydrogens is 246 g/mol. The molecule has 1 aliphatic rings. The number of hydrogen-bond acceptors (Lipinski definition) is 2. The van der Waals surface area contributed by atoms with Gasteiger partial charge in [0.1, 0.15) is 5.82 Å². The summed E-state index contributed by atoms with van der Waals surface area (Å²) >= 11 is 0. The molecule has 1 aromatic carbocycles. The van der Waals surface area contributed by atoms with Crippen LogP contribution in [0.5, 0.6) is 0 Å². The molecule has 0 saturated carbocycles. The van der Waals surface area contributed by atoms with Gasteiger partial charge in [-0.15, -0.1) is 0 Å². The number of benzene rings is 1. The Morgan fingerprint density at radius 3 is 2.75 bits per heavy atom. The molecule has 1 aromatic heterocycles. The lowest BCUT2D eigenvalue weighted by Crippen LogP contribution is -2.44. The first-order valence-electron chi connectivity index (χ1n) is 7.83. The third kappa shape index (κ3) is 2.24. The fourth-order valence-corrected chi connectivity index (χ4v) is 3.50. The summed E-state index contributed by atoms with van der Waals surface area (Å²) in [6.45, 7) is 8.79. The first kappa shape index (κ1) is 13.6. The Morgan fingerprint density at radius 2 is 2.05 bits per heavy atom. The Labute approximate surface area is 121 Å². The molecule has 0 amide bonds. The Hall–Kier alpha value is -1.35. The van der Waals surface area contributed by atoms with Crippen LogP contribution in [0.1, 0.15) is 49.6 Å². The highest BCUT2D eigenvalue weighted by Gasteiger charge is 2.35. The number of hydrogen-bond donors (Lipinski definition) is 2. The minimum absolute atomic E-state index is 0.202. The van der Waals surface area contributed by atoms with Gasteiger partial charge < -0.3 is 10.3 Å². The largest absolute Gasteiger partial charge is 0.341 e. The summed E-state index contributed by atoms with van der Waals surface area (Å²) in [7, 11) is 0. The third-order valence-electron chi connectivity index (χ3n) is 4.80. The van der Waals surface area contributed by atoms with Crippen LogP contribution in [0.2, 0.25) is 0 Å². The van der Waals surface area contributed by atoms with Crippen LogP contribution < -0.4 is 5.32 Å². The monoisotopic (exact) mass is 271 g/mol. The van der Waals surface area contributed by atoms with E-state index in [2.05, 4.69) is 43.2 Å². The van der Waals surface area contributed by atoms with Gasteiger partial charge in [-0.1, -0.05) is 13.3 Å². The maximum Gasteiger partial charge on any atom is 0.114 e. The Kier molecular flexibility index (Phi) is 3.55. The molecule has 1 aliphatic heterocycles. The molecule has 0 spiro atoms. The first-order chi connectivity index (χ1) is 9.64. The van der Waals surface area contributed by atoms with Crippen molar-refractivity contribution in [1.82, 2.24) is 15.3 Å². The lowest BCUT2D eigenvalue weighted by atomic mass is 9.76. The van der Waals surface area contributed by atoms with Crippen LogP contribution in [-0.2, 0) is 5.41 Å². The molecule has 2 N–H and O–H groups in total. The molecule has 3 nitrogen and oxygen atoms in total. The van der Waals surface area contributed by atoms with Crippen molar-refractivity contribution in [3.8, 4) is 0 Å². The Bertz CT molecular complexity index is 561. The average Bonchev–Trinajstić information content (AvgIpc) is 2.84. The standard InChI is InChI=1S/C17H25N3/c1-4-6-17(7-5-8-18-11-17)16-19-14-9-12(2)13(3)10-15(14)20-16/h9-10,18H,4-8,11H2,1-3H3,(H,19,20). The third-order valence-corrected chi connectivity index (χ3v) is 4.80. The van der Waals surface area contributed by atoms with E-state index in [9.17, 15) is 0 Å². The SMILES string of the molecule is CCCC1(c2nc3cc(C)c(C)cc3[nH]2)CCCNC1. The lowest BCUT2D eigenvalue weighted by Gasteiger charge is -2.36. The van der Waals surface area contributed by atoms with Gasteiger partial charge in [0.05, 0.1) is 11.0 Å². The van der Waals surface area contributed by atoms with Crippen LogP contribution >= 0.6 is 0 Å². The molecule has 0 radical (unpaired) electrons. The van der Waals surface area contributed by atoms with Crippen LogP contribution in [0.3, 0.4) is 0 Å². The van der Waals surface area contributed by atoms with Crippen molar-refractivity contribution in [3.05, 3.63) is 29.1 Å². The lowest BCUT2D eigenvalue weighted by molar-refractivity contribution is 0.278. The van der Waals surface area contributed by atoms with Crippen molar-refractivity contribution in [3.63, 3.8) is 0 Å². The molecule has 3 heteroatoms. The second-order valence-electron chi connectivity index (χ2n) is 6.35. The number of aryl methyl sites for hydroxylation is 2. The van der Waals surface area contributed by atoms with Crippen LogP contribution in [0.25, 0.3) is 11.0 Å². The normalized spacial score (nSPS) is 23.4. The summed E-state index contributed by atoms with van der Waals surface area (Å²) in [5, 5.41) is 3.57. The molecular formula is C17H25N3. The molecule has 108 valence electrons. The molecule has 1 saturated heterocycles. The highest BCUT2D eigenvalue weighted by Crippen LogP contribution is 2.35. The van der Waals surface area contributed by atoms with Gasteiger partial charge in [-0.05, 0) is 62.9 Å². The van der Waals surface area contributed by atoms with Gasteiger partial charge in [0.2, 0.25) is 0 Å².